The number of hydrogen-bond acceptors (Lipinski definition) is 1. The highest BCUT2D eigenvalue weighted by Crippen LogP contribution is 2.27. The lowest BCUT2D eigenvalue weighted by atomic mass is 9.90. The fraction of sp³-hybridized carbons (Fsp3) is 0.588. The summed E-state index contributed by atoms with van der Waals surface area (Å²) in [6, 6.07) is 6.90. The van der Waals surface area contributed by atoms with E-state index in [-0.39, 0.29) is 0 Å². The fourth-order valence-electron chi connectivity index (χ4n) is 3.48. The Kier molecular flexibility index (Phi) is 3.49. The summed E-state index contributed by atoms with van der Waals surface area (Å²) >= 11 is 0. The van der Waals surface area contributed by atoms with Crippen LogP contribution in [0.3, 0.4) is 0 Å². The van der Waals surface area contributed by atoms with Gasteiger partial charge in [0.05, 0.1) is 0 Å². The summed E-state index contributed by atoms with van der Waals surface area (Å²) in [5.74, 6) is 0.806. The molecule has 1 unspecified atom stereocenters. The van der Waals surface area contributed by atoms with Crippen molar-refractivity contribution in [1.82, 2.24) is 0 Å². The zero-order valence-corrected chi connectivity index (χ0v) is 11.1. The molecule has 96 valence electrons. The van der Waals surface area contributed by atoms with Crippen LogP contribution in [0.15, 0.2) is 18.2 Å². The van der Waals surface area contributed by atoms with Gasteiger partial charge in [0.2, 0.25) is 0 Å². The van der Waals surface area contributed by atoms with Gasteiger partial charge in [-0.15, -0.1) is 0 Å². The first kappa shape index (κ1) is 12.0. The van der Waals surface area contributed by atoms with Crippen LogP contribution >= 0.6 is 0 Å². The van der Waals surface area contributed by atoms with Crippen LogP contribution < -0.4 is 0 Å². The van der Waals surface area contributed by atoms with E-state index < -0.39 is 0 Å². The minimum Gasteiger partial charge on any atom is -0.299 e. The van der Waals surface area contributed by atoms with Crippen molar-refractivity contribution in [2.45, 2.75) is 57.8 Å². The van der Waals surface area contributed by atoms with Crippen molar-refractivity contribution in [2.75, 3.05) is 0 Å². The van der Waals surface area contributed by atoms with Gasteiger partial charge < -0.3 is 0 Å². The third kappa shape index (κ3) is 2.50. The van der Waals surface area contributed by atoms with Gasteiger partial charge in [-0.05, 0) is 55.2 Å². The molecule has 1 fully saturated rings. The van der Waals surface area contributed by atoms with Gasteiger partial charge in [-0.1, -0.05) is 31.0 Å². The Balaban J connectivity index is 1.73. The van der Waals surface area contributed by atoms with Crippen molar-refractivity contribution in [3.8, 4) is 0 Å². The molecular weight excluding hydrogens is 220 g/mol. The molecule has 0 aliphatic heterocycles. The number of ketones is 1. The Morgan fingerprint density at radius 1 is 0.944 bits per heavy atom. The van der Waals surface area contributed by atoms with Crippen molar-refractivity contribution >= 4 is 5.78 Å². The molecule has 1 aromatic carbocycles. The normalized spacial score (nSPS) is 23.8. The number of carbonyl (C=O) groups is 1. The lowest BCUT2D eigenvalue weighted by Crippen LogP contribution is -2.15. The maximum Gasteiger partial charge on any atom is 0.136 e. The van der Waals surface area contributed by atoms with Crippen molar-refractivity contribution < 1.29 is 4.79 Å². The van der Waals surface area contributed by atoms with E-state index in [2.05, 4.69) is 18.2 Å². The van der Waals surface area contributed by atoms with Crippen LogP contribution in [-0.2, 0) is 24.1 Å². The van der Waals surface area contributed by atoms with E-state index in [1.54, 1.807) is 0 Å². The zero-order chi connectivity index (χ0) is 12.4. The summed E-state index contributed by atoms with van der Waals surface area (Å²) in [5.41, 5.74) is 4.45. The van der Waals surface area contributed by atoms with Gasteiger partial charge in [0.15, 0.2) is 0 Å². The van der Waals surface area contributed by atoms with Crippen molar-refractivity contribution in [3.63, 3.8) is 0 Å². The summed E-state index contributed by atoms with van der Waals surface area (Å²) in [6.45, 7) is 0. The first-order valence-corrected chi connectivity index (χ1v) is 7.46. The lowest BCUT2D eigenvalue weighted by molar-refractivity contribution is -0.122. The highest BCUT2D eigenvalue weighted by molar-refractivity contribution is 5.81. The Labute approximate surface area is 110 Å². The van der Waals surface area contributed by atoms with E-state index in [1.165, 1.54) is 48.8 Å². The molecule has 18 heavy (non-hydrogen) atoms. The summed E-state index contributed by atoms with van der Waals surface area (Å²) in [6.07, 6.45) is 10.3. The largest absolute Gasteiger partial charge is 0.299 e. The Bertz CT molecular complexity index is 447. The molecule has 1 heteroatoms. The molecule has 1 atom stereocenters. The number of Topliss-reactive ketones (excluding diaryl/α,β-unsaturated/α-hetero) is 1. The Hall–Kier alpha value is -1.11. The molecule has 0 heterocycles. The van der Waals surface area contributed by atoms with Gasteiger partial charge in [-0.25, -0.2) is 0 Å². The molecule has 2 aliphatic carbocycles. The molecule has 3 rings (SSSR count). The van der Waals surface area contributed by atoms with Crippen LogP contribution in [-0.4, -0.2) is 5.78 Å². The van der Waals surface area contributed by atoms with E-state index in [9.17, 15) is 4.79 Å². The fourth-order valence-corrected chi connectivity index (χ4v) is 3.48. The average molecular weight is 242 g/mol. The second-order valence-corrected chi connectivity index (χ2v) is 5.92. The minimum atomic E-state index is 0.298. The number of rotatable bonds is 2. The minimum absolute atomic E-state index is 0.298. The van der Waals surface area contributed by atoms with E-state index in [4.69, 9.17) is 0 Å². The standard InChI is InChI=1S/C17H22O/c18-17-8-3-1-2-5-16(17)12-13-9-10-14-6-4-7-15(14)11-13/h9-11,16H,1-8,12H2. The zero-order valence-electron chi connectivity index (χ0n) is 11.1. The van der Waals surface area contributed by atoms with Gasteiger partial charge in [-0.3, -0.25) is 4.79 Å². The molecule has 1 aromatic rings. The van der Waals surface area contributed by atoms with Gasteiger partial charge in [0, 0.05) is 12.3 Å². The number of fused-ring (bicyclic) bond motifs is 1. The van der Waals surface area contributed by atoms with Gasteiger partial charge in [0.25, 0.3) is 0 Å². The Morgan fingerprint density at radius 2 is 1.83 bits per heavy atom. The molecular formula is C17H22O. The second kappa shape index (κ2) is 5.26. The molecule has 0 N–H and O–H groups in total. The van der Waals surface area contributed by atoms with Crippen molar-refractivity contribution in [3.05, 3.63) is 34.9 Å². The lowest BCUT2D eigenvalue weighted by Gasteiger charge is -2.13. The average Bonchev–Trinajstić information content (AvgIpc) is 2.75. The predicted molar refractivity (Wildman–Crippen MR) is 73.8 cm³/mol. The van der Waals surface area contributed by atoms with Crippen LogP contribution in [0.1, 0.15) is 55.2 Å². The molecule has 1 nitrogen and oxygen atoms in total. The third-order valence-corrected chi connectivity index (χ3v) is 4.58. The summed E-state index contributed by atoms with van der Waals surface area (Å²) in [5, 5.41) is 0. The number of carbonyl (C=O) groups excluding carboxylic acids is 1. The first-order chi connectivity index (χ1) is 8.83. The highest BCUT2D eigenvalue weighted by Gasteiger charge is 2.21. The smallest absolute Gasteiger partial charge is 0.136 e. The summed E-state index contributed by atoms with van der Waals surface area (Å²) in [4.78, 5) is 12.1. The van der Waals surface area contributed by atoms with E-state index >= 15 is 0 Å². The van der Waals surface area contributed by atoms with Crippen LogP contribution in [0.4, 0.5) is 0 Å². The van der Waals surface area contributed by atoms with Gasteiger partial charge in [-0.2, -0.15) is 0 Å². The Morgan fingerprint density at radius 3 is 2.78 bits per heavy atom. The molecule has 0 aromatic heterocycles. The van der Waals surface area contributed by atoms with Crippen LogP contribution in [0.25, 0.3) is 0 Å². The first-order valence-electron chi connectivity index (χ1n) is 7.46. The van der Waals surface area contributed by atoms with Crippen molar-refractivity contribution in [2.24, 2.45) is 5.92 Å². The molecule has 0 amide bonds. The van der Waals surface area contributed by atoms with E-state index in [0.717, 1.165) is 25.7 Å². The number of aryl methyl sites for hydroxylation is 2. The molecule has 0 spiro atoms. The number of hydrogen-bond donors (Lipinski definition) is 0. The SMILES string of the molecule is O=C1CCCCCC1Cc1ccc2c(c1)CCC2. The molecule has 1 saturated carbocycles. The maximum absolute atomic E-state index is 12.1. The van der Waals surface area contributed by atoms with E-state index in [0.29, 0.717) is 11.7 Å². The highest BCUT2D eigenvalue weighted by atomic mass is 16.1. The maximum atomic E-state index is 12.1. The molecule has 0 radical (unpaired) electrons. The molecule has 2 aliphatic rings. The van der Waals surface area contributed by atoms with Crippen LogP contribution in [0, 0.1) is 5.92 Å². The van der Waals surface area contributed by atoms with Crippen LogP contribution in [0.2, 0.25) is 0 Å². The molecule has 0 bridgehead atoms. The molecule has 0 saturated heterocycles. The van der Waals surface area contributed by atoms with Crippen LogP contribution in [0.5, 0.6) is 0 Å². The van der Waals surface area contributed by atoms with Gasteiger partial charge >= 0.3 is 0 Å². The van der Waals surface area contributed by atoms with Gasteiger partial charge in [0.1, 0.15) is 5.78 Å². The monoisotopic (exact) mass is 242 g/mol. The van der Waals surface area contributed by atoms with Crippen molar-refractivity contribution in [1.29, 1.82) is 0 Å². The second-order valence-electron chi connectivity index (χ2n) is 5.92. The predicted octanol–water partition coefficient (Wildman–Crippen LogP) is 3.87. The topological polar surface area (TPSA) is 17.1 Å². The third-order valence-electron chi connectivity index (χ3n) is 4.58. The summed E-state index contributed by atoms with van der Waals surface area (Å²) in [7, 11) is 0. The quantitative estimate of drug-likeness (QED) is 0.720. The summed E-state index contributed by atoms with van der Waals surface area (Å²) < 4.78 is 0. The van der Waals surface area contributed by atoms with E-state index in [1.807, 2.05) is 0 Å². The number of benzene rings is 1.